The topological polar surface area (TPSA) is 67.7 Å². The maximum atomic E-state index is 7.50. The van der Waals surface area contributed by atoms with Gasteiger partial charge >= 0.3 is 0 Å². The van der Waals surface area contributed by atoms with E-state index in [0.29, 0.717) is 12.3 Å². The minimum Gasteiger partial charge on any atom is -0.388 e. The molecular weight excluding hydrogens is 236 g/mol. The van der Waals surface area contributed by atoms with E-state index < -0.39 is 0 Å². The molecule has 4 heteroatoms. The highest BCUT2D eigenvalue weighted by Crippen LogP contribution is 2.50. The van der Waals surface area contributed by atoms with Crippen molar-refractivity contribution in [2.24, 2.45) is 11.1 Å². The Bertz CT molecular complexity index is 649. The minimum absolute atomic E-state index is 0.207. The second kappa shape index (κ2) is 4.08. The molecule has 1 fully saturated rings. The highest BCUT2D eigenvalue weighted by atomic mass is 15.1. The molecule has 19 heavy (non-hydrogen) atoms. The number of aromatic nitrogens is 2. The summed E-state index contributed by atoms with van der Waals surface area (Å²) in [5.74, 6) is 0.300. The van der Waals surface area contributed by atoms with Crippen LogP contribution in [0.1, 0.15) is 30.4 Å². The molecule has 3 rings (SSSR count). The van der Waals surface area contributed by atoms with Gasteiger partial charge in [-0.2, -0.15) is 0 Å². The van der Waals surface area contributed by atoms with E-state index in [0.717, 1.165) is 24.9 Å². The van der Waals surface area contributed by atoms with E-state index in [2.05, 4.69) is 35.5 Å². The molecule has 0 spiro atoms. The highest BCUT2D eigenvalue weighted by molar-refractivity contribution is 5.79. The van der Waals surface area contributed by atoms with Crippen LogP contribution in [0, 0.1) is 24.7 Å². The predicted molar refractivity (Wildman–Crippen MR) is 77.4 cm³/mol. The Hall–Kier alpha value is -1.84. The molecule has 1 saturated carbocycles. The molecule has 0 unspecified atom stereocenters. The Morgan fingerprint density at radius 2 is 2.05 bits per heavy atom. The summed E-state index contributed by atoms with van der Waals surface area (Å²) in [7, 11) is 0. The Balaban J connectivity index is 1.94. The molecule has 0 atom stereocenters. The number of fused-ring (bicyclic) bond motifs is 1. The number of imidazole rings is 1. The lowest BCUT2D eigenvalue weighted by molar-refractivity contribution is 0.443. The zero-order valence-electron chi connectivity index (χ0n) is 11.5. The summed E-state index contributed by atoms with van der Waals surface area (Å²) in [5, 5.41) is 7.50. The van der Waals surface area contributed by atoms with E-state index in [1.165, 1.54) is 16.6 Å². The van der Waals surface area contributed by atoms with Gasteiger partial charge in [-0.3, -0.25) is 5.41 Å². The largest absolute Gasteiger partial charge is 0.388 e. The van der Waals surface area contributed by atoms with Crippen molar-refractivity contribution in [1.82, 2.24) is 9.55 Å². The normalized spacial score (nSPS) is 16.7. The first-order valence-corrected chi connectivity index (χ1v) is 6.74. The summed E-state index contributed by atoms with van der Waals surface area (Å²) < 4.78 is 2.22. The zero-order valence-corrected chi connectivity index (χ0v) is 11.5. The maximum Gasteiger partial charge on any atom is 0.0958 e. The summed E-state index contributed by atoms with van der Waals surface area (Å²) in [4.78, 5) is 4.49. The monoisotopic (exact) mass is 256 g/mol. The van der Waals surface area contributed by atoms with Gasteiger partial charge < -0.3 is 10.3 Å². The Labute approximate surface area is 113 Å². The van der Waals surface area contributed by atoms with Crippen LogP contribution in [0.3, 0.4) is 0 Å². The molecule has 0 radical (unpaired) electrons. The van der Waals surface area contributed by atoms with Gasteiger partial charge in [-0.25, -0.2) is 4.98 Å². The summed E-state index contributed by atoms with van der Waals surface area (Å²) in [6.07, 6.45) is 4.95. The van der Waals surface area contributed by atoms with E-state index in [1.807, 2.05) is 6.33 Å². The van der Waals surface area contributed by atoms with Crippen molar-refractivity contribution in [1.29, 1.82) is 5.41 Å². The van der Waals surface area contributed by atoms with Crippen molar-refractivity contribution < 1.29 is 0 Å². The van der Waals surface area contributed by atoms with Crippen molar-refractivity contribution in [2.45, 2.75) is 39.7 Å². The van der Waals surface area contributed by atoms with Gasteiger partial charge in [0.25, 0.3) is 0 Å². The molecule has 0 amide bonds. The molecule has 1 heterocycles. The summed E-state index contributed by atoms with van der Waals surface area (Å²) in [6, 6.07) is 4.35. The first-order valence-electron chi connectivity index (χ1n) is 6.74. The molecule has 100 valence electrons. The van der Waals surface area contributed by atoms with Gasteiger partial charge in [0.1, 0.15) is 0 Å². The molecule has 0 saturated heterocycles. The Morgan fingerprint density at radius 1 is 1.37 bits per heavy atom. The van der Waals surface area contributed by atoms with E-state index >= 15 is 0 Å². The number of aryl methyl sites for hydroxylation is 2. The van der Waals surface area contributed by atoms with Crippen molar-refractivity contribution in [2.75, 3.05) is 0 Å². The molecule has 4 nitrogen and oxygen atoms in total. The van der Waals surface area contributed by atoms with Crippen LogP contribution in [0.15, 0.2) is 18.5 Å². The van der Waals surface area contributed by atoms with Crippen LogP contribution in [0.25, 0.3) is 11.0 Å². The number of nitrogens with one attached hydrogen (secondary N) is 1. The van der Waals surface area contributed by atoms with Gasteiger partial charge in [0.15, 0.2) is 0 Å². The third-order valence-electron chi connectivity index (χ3n) is 4.26. The van der Waals surface area contributed by atoms with E-state index in [9.17, 15) is 0 Å². The number of nitrogens with zero attached hydrogens (tertiary/aromatic N) is 2. The lowest BCUT2D eigenvalue weighted by Crippen LogP contribution is -2.20. The van der Waals surface area contributed by atoms with Crippen molar-refractivity contribution in [3.8, 4) is 0 Å². The number of rotatable bonds is 4. The summed E-state index contributed by atoms with van der Waals surface area (Å²) in [5.41, 5.74) is 10.6. The van der Waals surface area contributed by atoms with Crippen molar-refractivity contribution in [3.05, 3.63) is 29.6 Å². The number of benzene rings is 1. The highest BCUT2D eigenvalue weighted by Gasteiger charge is 2.43. The zero-order chi connectivity index (χ0) is 13.6. The third-order valence-corrected chi connectivity index (χ3v) is 4.26. The van der Waals surface area contributed by atoms with Crippen LogP contribution < -0.4 is 5.73 Å². The molecule has 1 aromatic heterocycles. The van der Waals surface area contributed by atoms with Gasteiger partial charge in [-0.15, -0.1) is 0 Å². The fourth-order valence-corrected chi connectivity index (χ4v) is 2.77. The second-order valence-electron chi connectivity index (χ2n) is 6.00. The lowest BCUT2D eigenvalue weighted by Gasteiger charge is -2.15. The lowest BCUT2D eigenvalue weighted by atomic mass is 10.0. The Kier molecular flexibility index (Phi) is 2.62. The quantitative estimate of drug-likeness (QED) is 0.652. The molecule has 1 aliphatic carbocycles. The minimum atomic E-state index is 0.207. The number of nitrogens with two attached hydrogens (primary N) is 1. The van der Waals surface area contributed by atoms with Crippen LogP contribution >= 0.6 is 0 Å². The SMILES string of the molecule is Cc1cc2ncn(CC3(CC(=N)N)CC3)c2cc1C. The molecule has 0 aliphatic heterocycles. The smallest absolute Gasteiger partial charge is 0.0958 e. The average Bonchev–Trinajstić information content (AvgIpc) is 2.97. The second-order valence-corrected chi connectivity index (χ2v) is 6.00. The van der Waals surface area contributed by atoms with Gasteiger partial charge in [0.2, 0.25) is 0 Å². The molecule has 1 aliphatic rings. The molecule has 0 bridgehead atoms. The number of amidine groups is 1. The standard InChI is InChI=1S/C15H20N4/c1-10-5-12-13(6-11(10)2)19(9-18-12)8-15(3-4-15)7-14(16)17/h5-6,9H,3-4,7-8H2,1-2H3,(H3,16,17). The first kappa shape index (κ1) is 12.2. The van der Waals surface area contributed by atoms with Crippen LogP contribution in [0.4, 0.5) is 0 Å². The predicted octanol–water partition coefficient (Wildman–Crippen LogP) is 2.76. The van der Waals surface area contributed by atoms with Crippen molar-refractivity contribution >= 4 is 16.9 Å². The fourth-order valence-electron chi connectivity index (χ4n) is 2.77. The van der Waals surface area contributed by atoms with Crippen LogP contribution in [0.5, 0.6) is 0 Å². The van der Waals surface area contributed by atoms with Gasteiger partial charge in [0.05, 0.1) is 23.2 Å². The van der Waals surface area contributed by atoms with Gasteiger partial charge in [0, 0.05) is 13.0 Å². The molecule has 2 aromatic rings. The Morgan fingerprint density at radius 3 is 2.68 bits per heavy atom. The molecular formula is C15H20N4. The van der Waals surface area contributed by atoms with Crippen LogP contribution in [-0.4, -0.2) is 15.4 Å². The third kappa shape index (κ3) is 2.23. The van der Waals surface area contributed by atoms with E-state index in [1.54, 1.807) is 0 Å². The first-order chi connectivity index (χ1) is 8.99. The molecule has 3 N–H and O–H groups in total. The number of hydrogen-bond acceptors (Lipinski definition) is 2. The number of hydrogen-bond donors (Lipinski definition) is 2. The van der Waals surface area contributed by atoms with E-state index in [-0.39, 0.29) is 5.41 Å². The van der Waals surface area contributed by atoms with E-state index in [4.69, 9.17) is 11.1 Å². The maximum absolute atomic E-state index is 7.50. The van der Waals surface area contributed by atoms with Gasteiger partial charge in [-0.05, 0) is 55.4 Å². The van der Waals surface area contributed by atoms with Crippen LogP contribution in [0.2, 0.25) is 0 Å². The summed E-state index contributed by atoms with van der Waals surface area (Å²) in [6.45, 7) is 5.17. The summed E-state index contributed by atoms with van der Waals surface area (Å²) >= 11 is 0. The van der Waals surface area contributed by atoms with Crippen LogP contribution in [-0.2, 0) is 6.54 Å². The molecule has 1 aromatic carbocycles. The average molecular weight is 256 g/mol. The van der Waals surface area contributed by atoms with Gasteiger partial charge in [-0.1, -0.05) is 0 Å². The fraction of sp³-hybridized carbons (Fsp3) is 0.467. The van der Waals surface area contributed by atoms with Crippen molar-refractivity contribution in [3.63, 3.8) is 0 Å².